The van der Waals surface area contributed by atoms with Gasteiger partial charge in [0.25, 0.3) is 0 Å². The predicted octanol–water partition coefficient (Wildman–Crippen LogP) is 4.27. The summed E-state index contributed by atoms with van der Waals surface area (Å²) in [5.74, 6) is 0. The zero-order chi connectivity index (χ0) is 7.28. The van der Waals surface area contributed by atoms with Gasteiger partial charge >= 0.3 is 0 Å². The van der Waals surface area contributed by atoms with Crippen LogP contribution in [0.25, 0.3) is 0 Å². The molecule has 0 amide bonds. The first-order valence-electron chi connectivity index (χ1n) is 1.80. The average Bonchev–Trinajstić information content (AvgIpc) is 1.87. The Morgan fingerprint density at radius 1 is 1.00 bits per heavy atom. The van der Waals surface area contributed by atoms with Gasteiger partial charge in [0.1, 0.15) is 0 Å². The minimum atomic E-state index is 0.388. The third kappa shape index (κ3) is 5.43. The minimum absolute atomic E-state index is 0.388. The fourth-order valence-corrected chi connectivity index (χ4v) is 1.30. The Morgan fingerprint density at radius 3 is 1.56 bits per heavy atom. The summed E-state index contributed by atoms with van der Waals surface area (Å²) in [6.07, 6.45) is 0. The molecule has 0 N–H and O–H groups in total. The Bertz CT molecular complexity index is 124. The lowest BCUT2D eigenvalue weighted by Gasteiger charge is -1.90. The summed E-state index contributed by atoms with van der Waals surface area (Å²) in [6, 6.07) is 0. The van der Waals surface area contributed by atoms with Crippen molar-refractivity contribution in [2.75, 3.05) is 0 Å². The topological polar surface area (TPSA) is 0 Å². The number of hydrogen-bond acceptors (Lipinski definition) is 1. The molecule has 0 unspecified atom stereocenters. The summed E-state index contributed by atoms with van der Waals surface area (Å²) >= 11 is 22.4. The second-order valence-electron chi connectivity index (χ2n) is 0.929. The third-order valence-corrected chi connectivity index (χ3v) is 2.59. The van der Waals surface area contributed by atoms with E-state index in [4.69, 9.17) is 46.4 Å². The molecule has 0 bridgehead atoms. The van der Waals surface area contributed by atoms with E-state index in [9.17, 15) is 0 Å². The number of halogens is 4. The van der Waals surface area contributed by atoms with Crippen LogP contribution >= 0.6 is 58.2 Å². The summed E-state index contributed by atoms with van der Waals surface area (Å²) in [5.41, 5.74) is 2.43. The summed E-state index contributed by atoms with van der Waals surface area (Å²) < 4.78 is 0.775. The quantitative estimate of drug-likeness (QED) is 0.674. The molecule has 0 radical (unpaired) electrons. The largest absolute Gasteiger partial charge is 0.0908 e. The van der Waals surface area contributed by atoms with Gasteiger partial charge in [-0.25, -0.2) is 0 Å². The first-order valence-corrected chi connectivity index (χ1v) is 4.25. The van der Waals surface area contributed by atoms with E-state index in [1.54, 1.807) is 0 Å². The molecule has 0 aromatic rings. The zero-order valence-corrected chi connectivity index (χ0v) is 7.92. The van der Waals surface area contributed by atoms with Crippen LogP contribution in [-0.2, 0) is 0 Å². The number of rotatable bonds is 2. The molecule has 0 aliphatic carbocycles. The summed E-state index contributed by atoms with van der Waals surface area (Å²) in [7, 11) is 0. The summed E-state index contributed by atoms with van der Waals surface area (Å²) in [5, 5.41) is 0. The first kappa shape index (κ1) is 9.99. The highest BCUT2D eigenvalue weighted by molar-refractivity contribution is 8.09. The van der Waals surface area contributed by atoms with Crippen molar-refractivity contribution in [1.29, 1.82) is 0 Å². The molecule has 0 atom stereocenters. The second kappa shape index (κ2) is 5.75. The molecule has 5 heteroatoms. The normalized spacial score (nSPS) is 14.2. The van der Waals surface area contributed by atoms with Crippen molar-refractivity contribution in [3.63, 3.8) is 0 Å². The standard InChI is InChI=1S/C4H2Cl4S/c5-1-3(7)9-4(8)2-6/h1-2H/b3-1-,4-2-. The molecule has 0 saturated carbocycles. The molecule has 52 valence electrons. The molecular formula is C4H2Cl4S. The lowest BCUT2D eigenvalue weighted by atomic mass is 11.2. The fourth-order valence-electron chi connectivity index (χ4n) is 0.138. The molecule has 0 aliphatic rings. The maximum absolute atomic E-state index is 5.45. The van der Waals surface area contributed by atoms with Gasteiger partial charge in [-0.3, -0.25) is 0 Å². The molecule has 0 fully saturated rings. The zero-order valence-electron chi connectivity index (χ0n) is 4.07. The lowest BCUT2D eigenvalue weighted by Crippen LogP contribution is -1.57. The van der Waals surface area contributed by atoms with Crippen molar-refractivity contribution in [3.05, 3.63) is 19.8 Å². The average molecular weight is 224 g/mol. The fraction of sp³-hybridized carbons (Fsp3) is 0. The van der Waals surface area contributed by atoms with E-state index in [-0.39, 0.29) is 0 Å². The monoisotopic (exact) mass is 222 g/mol. The predicted molar refractivity (Wildman–Crippen MR) is 47.2 cm³/mol. The molecular weight excluding hydrogens is 222 g/mol. The minimum Gasteiger partial charge on any atom is -0.0908 e. The second-order valence-corrected chi connectivity index (χ2v) is 3.71. The van der Waals surface area contributed by atoms with Gasteiger partial charge in [-0.2, -0.15) is 0 Å². The molecule has 0 aromatic carbocycles. The van der Waals surface area contributed by atoms with Crippen molar-refractivity contribution < 1.29 is 0 Å². The number of hydrogen-bond donors (Lipinski definition) is 0. The van der Waals surface area contributed by atoms with Crippen LogP contribution in [0.4, 0.5) is 0 Å². The molecule has 0 aliphatic heterocycles. The Labute approximate surface area is 77.8 Å². The van der Waals surface area contributed by atoms with Gasteiger partial charge in [0.15, 0.2) is 0 Å². The van der Waals surface area contributed by atoms with E-state index in [1.807, 2.05) is 0 Å². The Balaban J connectivity index is 3.75. The van der Waals surface area contributed by atoms with Crippen molar-refractivity contribution in [2.45, 2.75) is 0 Å². The SMILES string of the molecule is Cl/C=C(/Cl)S/C(Cl)=C\Cl. The highest BCUT2D eigenvalue weighted by atomic mass is 35.5. The van der Waals surface area contributed by atoms with Crippen LogP contribution in [0, 0.1) is 0 Å². The van der Waals surface area contributed by atoms with Gasteiger partial charge in [-0.1, -0.05) is 58.2 Å². The van der Waals surface area contributed by atoms with E-state index < -0.39 is 0 Å². The van der Waals surface area contributed by atoms with Crippen LogP contribution in [0.2, 0.25) is 0 Å². The van der Waals surface area contributed by atoms with Crippen LogP contribution in [0.3, 0.4) is 0 Å². The Kier molecular flexibility index (Phi) is 6.38. The highest BCUT2D eigenvalue weighted by Gasteiger charge is 1.94. The maximum Gasteiger partial charge on any atom is 0.0904 e. The van der Waals surface area contributed by atoms with E-state index in [2.05, 4.69) is 0 Å². The van der Waals surface area contributed by atoms with Gasteiger partial charge in [0, 0.05) is 11.1 Å². The van der Waals surface area contributed by atoms with Crippen molar-refractivity contribution in [2.24, 2.45) is 0 Å². The summed E-state index contributed by atoms with van der Waals surface area (Å²) in [4.78, 5) is 0. The van der Waals surface area contributed by atoms with Gasteiger partial charge in [-0.05, 0) is 0 Å². The molecule has 0 spiro atoms. The van der Waals surface area contributed by atoms with Crippen molar-refractivity contribution >= 4 is 58.2 Å². The molecule has 0 aromatic heterocycles. The van der Waals surface area contributed by atoms with Gasteiger partial charge in [0.05, 0.1) is 8.73 Å². The first-order chi connectivity index (χ1) is 4.20. The molecule has 0 rings (SSSR count). The number of thioether (sulfide) groups is 1. The summed E-state index contributed by atoms with van der Waals surface area (Å²) in [6.45, 7) is 0. The molecule has 0 saturated heterocycles. The lowest BCUT2D eigenvalue weighted by molar-refractivity contribution is 2.31. The van der Waals surface area contributed by atoms with Crippen LogP contribution in [-0.4, -0.2) is 0 Å². The van der Waals surface area contributed by atoms with E-state index in [0.717, 1.165) is 11.8 Å². The smallest absolute Gasteiger partial charge is 0.0904 e. The van der Waals surface area contributed by atoms with Crippen LogP contribution in [0.1, 0.15) is 0 Å². The van der Waals surface area contributed by atoms with Crippen LogP contribution in [0.5, 0.6) is 0 Å². The van der Waals surface area contributed by atoms with E-state index in [1.165, 1.54) is 11.1 Å². The molecule has 0 nitrogen and oxygen atoms in total. The van der Waals surface area contributed by atoms with E-state index in [0.29, 0.717) is 8.73 Å². The Morgan fingerprint density at radius 2 is 1.33 bits per heavy atom. The van der Waals surface area contributed by atoms with Gasteiger partial charge in [-0.15, -0.1) is 0 Å². The van der Waals surface area contributed by atoms with Crippen LogP contribution in [0.15, 0.2) is 19.8 Å². The molecule has 0 heterocycles. The van der Waals surface area contributed by atoms with Gasteiger partial charge in [0.2, 0.25) is 0 Å². The van der Waals surface area contributed by atoms with E-state index >= 15 is 0 Å². The third-order valence-electron chi connectivity index (χ3n) is 0.367. The van der Waals surface area contributed by atoms with Crippen molar-refractivity contribution in [3.8, 4) is 0 Å². The van der Waals surface area contributed by atoms with Gasteiger partial charge < -0.3 is 0 Å². The van der Waals surface area contributed by atoms with Crippen molar-refractivity contribution in [1.82, 2.24) is 0 Å². The maximum atomic E-state index is 5.45. The Hall–Kier alpha value is 0.990. The highest BCUT2D eigenvalue weighted by Crippen LogP contribution is 2.31. The molecule has 9 heavy (non-hydrogen) atoms. The van der Waals surface area contributed by atoms with Crippen LogP contribution < -0.4 is 0 Å².